The van der Waals surface area contributed by atoms with Crippen molar-refractivity contribution in [1.82, 2.24) is 19.7 Å². The summed E-state index contributed by atoms with van der Waals surface area (Å²) in [5.74, 6) is -0.531. The Hall–Kier alpha value is -2.44. The molecule has 0 aromatic carbocycles. The van der Waals surface area contributed by atoms with Gasteiger partial charge in [-0.1, -0.05) is 0 Å². The molecule has 1 N–H and O–H groups in total. The molecule has 0 amide bonds. The molecular weight excluding hydrogens is 224 g/mol. The van der Waals surface area contributed by atoms with E-state index < -0.39 is 5.97 Å². The van der Waals surface area contributed by atoms with Crippen LogP contribution in [0.1, 0.15) is 17.4 Å². The SMILES string of the molecule is CCn1cc(Oc2cncc(C(=O)O)n2)cn1. The summed E-state index contributed by atoms with van der Waals surface area (Å²) in [6.45, 7) is 2.67. The molecule has 0 saturated carbocycles. The number of rotatable bonds is 4. The zero-order valence-corrected chi connectivity index (χ0v) is 9.07. The van der Waals surface area contributed by atoms with Crippen LogP contribution >= 0.6 is 0 Å². The molecule has 2 rings (SSSR count). The van der Waals surface area contributed by atoms with E-state index >= 15 is 0 Å². The Kier molecular flexibility index (Phi) is 2.99. The average Bonchev–Trinajstić information content (AvgIpc) is 2.77. The summed E-state index contributed by atoms with van der Waals surface area (Å²) in [5.41, 5.74) is -0.162. The van der Waals surface area contributed by atoms with Crippen LogP contribution < -0.4 is 4.74 Å². The molecule has 0 radical (unpaired) electrons. The molecule has 88 valence electrons. The zero-order chi connectivity index (χ0) is 12.3. The number of hydrogen-bond donors (Lipinski definition) is 1. The number of nitrogens with zero attached hydrogens (tertiary/aromatic N) is 4. The molecule has 0 unspecified atom stereocenters. The van der Waals surface area contributed by atoms with Gasteiger partial charge in [0, 0.05) is 6.54 Å². The van der Waals surface area contributed by atoms with Crippen molar-refractivity contribution < 1.29 is 14.6 Å². The minimum atomic E-state index is -1.15. The van der Waals surface area contributed by atoms with E-state index in [0.29, 0.717) is 5.75 Å². The van der Waals surface area contributed by atoms with Crippen LogP contribution in [0.3, 0.4) is 0 Å². The highest BCUT2D eigenvalue weighted by atomic mass is 16.5. The Morgan fingerprint density at radius 3 is 2.94 bits per heavy atom. The van der Waals surface area contributed by atoms with Gasteiger partial charge in [0.25, 0.3) is 0 Å². The molecule has 2 aromatic heterocycles. The molecule has 0 aliphatic rings. The Morgan fingerprint density at radius 2 is 2.29 bits per heavy atom. The van der Waals surface area contributed by atoms with Gasteiger partial charge in [-0.15, -0.1) is 0 Å². The summed E-state index contributed by atoms with van der Waals surface area (Å²) in [6, 6.07) is 0. The van der Waals surface area contributed by atoms with Crippen molar-refractivity contribution in [2.24, 2.45) is 0 Å². The topological polar surface area (TPSA) is 90.1 Å². The van der Waals surface area contributed by atoms with Crippen LogP contribution in [0.5, 0.6) is 11.6 Å². The predicted molar refractivity (Wildman–Crippen MR) is 57.0 cm³/mol. The van der Waals surface area contributed by atoms with Gasteiger partial charge in [-0.2, -0.15) is 5.10 Å². The fraction of sp³-hybridized carbons (Fsp3) is 0.200. The molecule has 0 spiro atoms. The Bertz CT molecular complexity index is 538. The van der Waals surface area contributed by atoms with Crippen LogP contribution in [0.15, 0.2) is 24.8 Å². The minimum absolute atomic E-state index is 0.126. The fourth-order valence-corrected chi connectivity index (χ4v) is 1.19. The van der Waals surface area contributed by atoms with Crippen molar-refractivity contribution in [1.29, 1.82) is 0 Å². The summed E-state index contributed by atoms with van der Waals surface area (Å²) >= 11 is 0. The van der Waals surface area contributed by atoms with Crippen LogP contribution in [0.25, 0.3) is 0 Å². The van der Waals surface area contributed by atoms with Crippen LogP contribution in [0.2, 0.25) is 0 Å². The molecule has 2 heterocycles. The van der Waals surface area contributed by atoms with Gasteiger partial charge in [0.2, 0.25) is 5.88 Å². The molecular formula is C10H10N4O3. The summed E-state index contributed by atoms with van der Waals surface area (Å²) in [5, 5.41) is 12.8. The molecule has 0 bridgehead atoms. The molecule has 0 aliphatic carbocycles. The maximum atomic E-state index is 10.7. The first-order valence-electron chi connectivity index (χ1n) is 4.94. The van der Waals surface area contributed by atoms with E-state index in [-0.39, 0.29) is 11.6 Å². The molecule has 0 saturated heterocycles. The molecule has 0 aliphatic heterocycles. The number of aryl methyl sites for hydroxylation is 1. The van der Waals surface area contributed by atoms with E-state index in [2.05, 4.69) is 15.1 Å². The monoisotopic (exact) mass is 234 g/mol. The first-order chi connectivity index (χ1) is 8.19. The van der Waals surface area contributed by atoms with Gasteiger partial charge < -0.3 is 9.84 Å². The van der Waals surface area contributed by atoms with Crippen molar-refractivity contribution in [2.45, 2.75) is 13.5 Å². The number of carboxylic acid groups (broad SMARTS) is 1. The summed E-state index contributed by atoms with van der Waals surface area (Å²) in [4.78, 5) is 18.2. The maximum absolute atomic E-state index is 10.7. The predicted octanol–water partition coefficient (Wildman–Crippen LogP) is 1.18. The largest absolute Gasteiger partial charge is 0.476 e. The van der Waals surface area contributed by atoms with Crippen molar-refractivity contribution in [2.75, 3.05) is 0 Å². The third kappa shape index (κ3) is 2.57. The Balaban J connectivity index is 2.18. The highest BCUT2D eigenvalue weighted by Crippen LogP contribution is 2.17. The van der Waals surface area contributed by atoms with E-state index in [9.17, 15) is 4.79 Å². The van der Waals surface area contributed by atoms with Crippen LogP contribution in [-0.2, 0) is 6.54 Å². The van der Waals surface area contributed by atoms with Crippen LogP contribution in [0, 0.1) is 0 Å². The number of ether oxygens (including phenoxy) is 1. The smallest absolute Gasteiger partial charge is 0.356 e. The minimum Gasteiger partial charge on any atom is -0.476 e. The quantitative estimate of drug-likeness (QED) is 0.854. The number of hydrogen-bond acceptors (Lipinski definition) is 5. The summed E-state index contributed by atoms with van der Waals surface area (Å²) in [6.07, 6.45) is 5.72. The average molecular weight is 234 g/mol. The van der Waals surface area contributed by atoms with Gasteiger partial charge >= 0.3 is 5.97 Å². The van der Waals surface area contributed by atoms with E-state index in [0.717, 1.165) is 12.7 Å². The fourth-order valence-electron chi connectivity index (χ4n) is 1.19. The molecule has 0 fully saturated rings. The van der Waals surface area contributed by atoms with Gasteiger partial charge in [-0.3, -0.25) is 9.67 Å². The zero-order valence-electron chi connectivity index (χ0n) is 9.07. The lowest BCUT2D eigenvalue weighted by Gasteiger charge is -2.01. The lowest BCUT2D eigenvalue weighted by atomic mass is 10.5. The Labute approximate surface area is 96.7 Å². The summed E-state index contributed by atoms with van der Waals surface area (Å²) < 4.78 is 7.02. The highest BCUT2D eigenvalue weighted by Gasteiger charge is 2.08. The molecule has 0 atom stereocenters. The lowest BCUT2D eigenvalue weighted by molar-refractivity contribution is 0.0689. The standard InChI is InChI=1S/C10H10N4O3/c1-2-14-6-7(3-12-14)17-9-5-11-4-8(13-9)10(15)16/h3-6H,2H2,1H3,(H,15,16). The molecule has 7 heteroatoms. The van der Waals surface area contributed by atoms with Gasteiger partial charge in [-0.05, 0) is 6.92 Å². The van der Waals surface area contributed by atoms with Crippen LogP contribution in [0.4, 0.5) is 0 Å². The van der Waals surface area contributed by atoms with Crippen LogP contribution in [-0.4, -0.2) is 30.8 Å². The van der Waals surface area contributed by atoms with E-state index in [1.165, 1.54) is 12.4 Å². The number of aromatic carboxylic acids is 1. The number of aromatic nitrogens is 4. The van der Waals surface area contributed by atoms with Gasteiger partial charge in [0.1, 0.15) is 0 Å². The second kappa shape index (κ2) is 4.60. The highest BCUT2D eigenvalue weighted by molar-refractivity contribution is 5.84. The Morgan fingerprint density at radius 1 is 1.47 bits per heavy atom. The number of carbonyl (C=O) groups is 1. The van der Waals surface area contributed by atoms with Gasteiger partial charge in [-0.25, -0.2) is 9.78 Å². The van der Waals surface area contributed by atoms with Gasteiger partial charge in [0.05, 0.1) is 24.8 Å². The molecule has 7 nitrogen and oxygen atoms in total. The first kappa shape index (κ1) is 11.1. The maximum Gasteiger partial charge on any atom is 0.356 e. The van der Waals surface area contributed by atoms with Crippen molar-refractivity contribution >= 4 is 5.97 Å². The van der Waals surface area contributed by atoms with E-state index in [1.807, 2.05) is 6.92 Å². The second-order valence-electron chi connectivity index (χ2n) is 3.18. The van der Waals surface area contributed by atoms with Crippen molar-refractivity contribution in [3.63, 3.8) is 0 Å². The van der Waals surface area contributed by atoms with Crippen molar-refractivity contribution in [3.8, 4) is 11.6 Å². The first-order valence-corrected chi connectivity index (χ1v) is 4.94. The van der Waals surface area contributed by atoms with Gasteiger partial charge in [0.15, 0.2) is 11.4 Å². The third-order valence-electron chi connectivity index (χ3n) is 1.99. The lowest BCUT2D eigenvalue weighted by Crippen LogP contribution is -2.02. The van der Waals surface area contributed by atoms with E-state index in [1.54, 1.807) is 10.9 Å². The molecule has 17 heavy (non-hydrogen) atoms. The second-order valence-corrected chi connectivity index (χ2v) is 3.18. The van der Waals surface area contributed by atoms with Crippen molar-refractivity contribution in [3.05, 3.63) is 30.5 Å². The van der Waals surface area contributed by atoms with E-state index in [4.69, 9.17) is 9.84 Å². The third-order valence-corrected chi connectivity index (χ3v) is 1.99. The molecule has 2 aromatic rings. The number of carboxylic acids is 1. The summed E-state index contributed by atoms with van der Waals surface area (Å²) in [7, 11) is 0. The normalized spacial score (nSPS) is 10.2.